The Hall–Kier alpha value is -4.62. The summed E-state index contributed by atoms with van der Waals surface area (Å²) in [7, 11) is 3.59. The molecule has 3 aromatic carbocycles. The summed E-state index contributed by atoms with van der Waals surface area (Å²) in [5.41, 5.74) is 12.1. The topological polar surface area (TPSA) is 91.3 Å². The maximum atomic E-state index is 13.3. The molecule has 0 aliphatic carbocycles. The molecule has 6 rings (SSSR count). The molecule has 1 aliphatic heterocycles. The number of ether oxygens (including phenoxy) is 1. The van der Waals surface area contributed by atoms with Crippen LogP contribution in [0.3, 0.4) is 0 Å². The first-order valence-electron chi connectivity index (χ1n) is 12.1. The maximum Gasteiger partial charge on any atom is 0.259 e. The number of hydrogen-bond donors (Lipinski definition) is 2. The Morgan fingerprint density at radius 3 is 2.14 bits per heavy atom. The predicted molar refractivity (Wildman–Crippen MR) is 145 cm³/mol. The maximum absolute atomic E-state index is 13.3. The van der Waals surface area contributed by atoms with Crippen molar-refractivity contribution in [2.45, 2.75) is 13.1 Å². The van der Waals surface area contributed by atoms with Crippen LogP contribution < -0.4 is 15.8 Å². The predicted octanol–water partition coefficient (Wildman–Crippen LogP) is 4.22. The Morgan fingerprint density at radius 2 is 1.46 bits per heavy atom. The average Bonchev–Trinajstić information content (AvgIpc) is 3.54. The highest BCUT2D eigenvalue weighted by atomic mass is 16.5. The second kappa shape index (κ2) is 8.80. The van der Waals surface area contributed by atoms with Gasteiger partial charge >= 0.3 is 0 Å². The number of amides is 2. The molecule has 0 fully saturated rings. The van der Waals surface area contributed by atoms with Crippen molar-refractivity contribution in [3.63, 3.8) is 0 Å². The Morgan fingerprint density at radius 1 is 0.838 bits per heavy atom. The summed E-state index contributed by atoms with van der Waals surface area (Å²) in [5, 5.41) is 4.36. The molecule has 3 N–H and O–H groups in total. The van der Waals surface area contributed by atoms with E-state index in [-0.39, 0.29) is 5.91 Å². The van der Waals surface area contributed by atoms with E-state index in [0.29, 0.717) is 24.2 Å². The van der Waals surface area contributed by atoms with Crippen LogP contribution in [0.25, 0.3) is 33.0 Å². The molecule has 3 heterocycles. The van der Waals surface area contributed by atoms with Crippen LogP contribution in [0.15, 0.2) is 79.1 Å². The second-order valence-corrected chi connectivity index (χ2v) is 9.24. The largest absolute Gasteiger partial charge is 0.496 e. The van der Waals surface area contributed by atoms with E-state index >= 15 is 0 Å². The molecule has 7 heteroatoms. The highest BCUT2D eigenvalue weighted by Crippen LogP contribution is 2.39. The van der Waals surface area contributed by atoms with Gasteiger partial charge in [-0.25, -0.2) is 0 Å². The van der Waals surface area contributed by atoms with Gasteiger partial charge in [0.25, 0.3) is 11.8 Å². The molecule has 184 valence electrons. The molecule has 37 heavy (non-hydrogen) atoms. The van der Waals surface area contributed by atoms with Crippen LogP contribution in [0.2, 0.25) is 0 Å². The third-order valence-electron chi connectivity index (χ3n) is 7.08. The van der Waals surface area contributed by atoms with Crippen molar-refractivity contribution >= 4 is 44.8 Å². The van der Waals surface area contributed by atoms with Crippen molar-refractivity contribution in [2.24, 2.45) is 12.8 Å². The first-order valence-corrected chi connectivity index (χ1v) is 12.1. The summed E-state index contributed by atoms with van der Waals surface area (Å²) >= 11 is 0. The van der Waals surface area contributed by atoms with Gasteiger partial charge in [-0.05, 0) is 29.8 Å². The van der Waals surface area contributed by atoms with Gasteiger partial charge in [0.05, 0.1) is 24.8 Å². The van der Waals surface area contributed by atoms with E-state index in [9.17, 15) is 9.59 Å². The monoisotopic (exact) mass is 490 g/mol. The summed E-state index contributed by atoms with van der Waals surface area (Å²) < 4.78 is 9.68. The van der Waals surface area contributed by atoms with E-state index in [1.807, 2.05) is 90.7 Å². The number of nitrogens with two attached hydrogens (primary N) is 1. The van der Waals surface area contributed by atoms with Crippen LogP contribution in [0.5, 0.6) is 5.75 Å². The number of hydrogen-bond acceptors (Lipinski definition) is 4. The normalized spacial score (nSPS) is 13.7. The molecule has 1 aliphatic rings. The molecule has 0 radical (unpaired) electrons. The zero-order chi connectivity index (χ0) is 25.7. The molecule has 0 spiro atoms. The van der Waals surface area contributed by atoms with Crippen LogP contribution in [-0.2, 0) is 29.7 Å². The third kappa shape index (κ3) is 3.63. The van der Waals surface area contributed by atoms with Crippen LogP contribution in [0, 0.1) is 0 Å². The highest BCUT2D eigenvalue weighted by molar-refractivity contribution is 6.50. The molecule has 0 bridgehead atoms. The fourth-order valence-corrected chi connectivity index (χ4v) is 5.35. The number of methoxy groups -OCH3 is 1. The molecule has 0 atom stereocenters. The van der Waals surface area contributed by atoms with Gasteiger partial charge in [0, 0.05) is 64.5 Å². The Balaban J connectivity index is 1.58. The first-order chi connectivity index (χ1) is 18.0. The molecule has 0 saturated heterocycles. The van der Waals surface area contributed by atoms with Gasteiger partial charge in [0.2, 0.25) is 0 Å². The Labute approximate surface area is 213 Å². The summed E-state index contributed by atoms with van der Waals surface area (Å²) in [6.45, 7) is 0.947. The number of nitrogens with zero attached hydrogens (tertiary/aromatic N) is 2. The molecule has 0 saturated carbocycles. The number of rotatable bonds is 6. The summed E-state index contributed by atoms with van der Waals surface area (Å²) in [5.74, 6) is -0.00924. The van der Waals surface area contributed by atoms with Gasteiger partial charge in [0.1, 0.15) is 5.75 Å². The number of carbonyl (C=O) groups excluding carboxylic acids is 2. The first kappa shape index (κ1) is 22.8. The third-order valence-corrected chi connectivity index (χ3v) is 7.08. The van der Waals surface area contributed by atoms with Crippen LogP contribution in [-0.4, -0.2) is 28.1 Å². The van der Waals surface area contributed by atoms with E-state index in [1.165, 1.54) is 0 Å². The number of carbonyl (C=O) groups is 2. The van der Waals surface area contributed by atoms with E-state index in [0.717, 1.165) is 49.8 Å². The average molecular weight is 491 g/mol. The van der Waals surface area contributed by atoms with Gasteiger partial charge in [0.15, 0.2) is 0 Å². The molecule has 0 unspecified atom stereocenters. The molecule has 5 aromatic rings. The lowest BCUT2D eigenvalue weighted by atomic mass is 9.95. The van der Waals surface area contributed by atoms with Gasteiger partial charge in [-0.15, -0.1) is 0 Å². The minimum absolute atomic E-state index is 0.384. The van der Waals surface area contributed by atoms with Gasteiger partial charge < -0.3 is 19.6 Å². The van der Waals surface area contributed by atoms with Crippen LogP contribution in [0.1, 0.15) is 22.3 Å². The number of benzene rings is 3. The van der Waals surface area contributed by atoms with E-state index in [4.69, 9.17) is 10.5 Å². The lowest BCUT2D eigenvalue weighted by Crippen LogP contribution is -2.22. The van der Waals surface area contributed by atoms with Crippen LogP contribution >= 0.6 is 0 Å². The van der Waals surface area contributed by atoms with Crippen molar-refractivity contribution in [2.75, 3.05) is 7.11 Å². The minimum atomic E-state index is -0.390. The standard InChI is InChI=1S/C30H26N4O3/c1-33-16-22(20-7-3-5-9-24(20)33)27-28(30(36)32-29(27)35)23-17-34(25-10-6-4-8-21(23)25)15-19-13-18(14-31)11-12-26(19)37-2/h3-13,16-17H,14-15,31H2,1-2H3,(H,32,35,36). The number of aromatic nitrogens is 2. The van der Waals surface area contributed by atoms with Crippen molar-refractivity contribution in [3.8, 4) is 5.75 Å². The number of fused-ring (bicyclic) bond motifs is 2. The Kier molecular flexibility index (Phi) is 5.43. The summed E-state index contributed by atoms with van der Waals surface area (Å²) in [6, 6.07) is 21.7. The fraction of sp³-hybridized carbons (Fsp3) is 0.133. The lowest BCUT2D eigenvalue weighted by molar-refractivity contribution is -0.122. The number of aryl methyl sites for hydroxylation is 1. The quantitative estimate of drug-likeness (QED) is 0.349. The molecule has 2 aromatic heterocycles. The van der Waals surface area contributed by atoms with Crippen molar-refractivity contribution < 1.29 is 14.3 Å². The zero-order valence-electron chi connectivity index (χ0n) is 20.6. The lowest BCUT2D eigenvalue weighted by Gasteiger charge is -2.12. The SMILES string of the molecule is COc1ccc(CN)cc1Cn1cc(C2=C(c3cn(C)c4ccccc34)C(=O)NC2=O)c2ccccc21. The van der Waals surface area contributed by atoms with Gasteiger partial charge in [-0.3, -0.25) is 14.9 Å². The summed E-state index contributed by atoms with van der Waals surface area (Å²) in [6.07, 6.45) is 3.87. The molecule has 2 amide bonds. The highest BCUT2D eigenvalue weighted by Gasteiger charge is 2.35. The van der Waals surface area contributed by atoms with Crippen LogP contribution in [0.4, 0.5) is 0 Å². The van der Waals surface area contributed by atoms with E-state index < -0.39 is 5.91 Å². The molecule has 7 nitrogen and oxygen atoms in total. The number of para-hydroxylation sites is 2. The van der Waals surface area contributed by atoms with Crippen molar-refractivity contribution in [1.29, 1.82) is 0 Å². The van der Waals surface area contributed by atoms with Crippen molar-refractivity contribution in [3.05, 3.63) is 101 Å². The second-order valence-electron chi connectivity index (χ2n) is 9.24. The smallest absolute Gasteiger partial charge is 0.259 e. The van der Waals surface area contributed by atoms with Crippen molar-refractivity contribution in [1.82, 2.24) is 14.5 Å². The van der Waals surface area contributed by atoms with E-state index in [2.05, 4.69) is 9.88 Å². The molecular formula is C30H26N4O3. The van der Waals surface area contributed by atoms with E-state index in [1.54, 1.807) is 7.11 Å². The summed E-state index contributed by atoms with van der Waals surface area (Å²) in [4.78, 5) is 26.4. The Bertz CT molecular complexity index is 1760. The molecular weight excluding hydrogens is 464 g/mol. The van der Waals surface area contributed by atoms with Gasteiger partial charge in [-0.2, -0.15) is 0 Å². The number of imide groups is 1. The van der Waals surface area contributed by atoms with Gasteiger partial charge in [-0.1, -0.05) is 42.5 Å². The fourth-order valence-electron chi connectivity index (χ4n) is 5.35. The zero-order valence-corrected chi connectivity index (χ0v) is 20.6. The number of nitrogens with one attached hydrogen (secondary N) is 1. The minimum Gasteiger partial charge on any atom is -0.496 e.